The molecule has 0 unspecified atom stereocenters. The highest BCUT2D eigenvalue weighted by Crippen LogP contribution is 2.28. The number of hydrogen-bond donors (Lipinski definition) is 0. The molecule has 0 aliphatic carbocycles. The van der Waals surface area contributed by atoms with Crippen molar-refractivity contribution in [2.24, 2.45) is 0 Å². The van der Waals surface area contributed by atoms with E-state index in [2.05, 4.69) is 37.4 Å². The highest BCUT2D eigenvalue weighted by Gasteiger charge is 2.06. The first-order valence-corrected chi connectivity index (χ1v) is 11.9. The molecular formula is C27H24O3S2. The van der Waals surface area contributed by atoms with Gasteiger partial charge in [-0.25, -0.2) is 0 Å². The summed E-state index contributed by atoms with van der Waals surface area (Å²) in [5, 5.41) is -0.0553. The Bertz CT molecular complexity index is 1100. The lowest BCUT2D eigenvalue weighted by Crippen LogP contribution is -2.01. The third-order valence-corrected chi connectivity index (χ3v) is 6.45. The largest absolute Gasteiger partial charge is 0.493 e. The molecule has 3 nitrogen and oxygen atoms in total. The number of hydrogen-bond acceptors (Lipinski definition) is 5. The Labute approximate surface area is 197 Å². The van der Waals surface area contributed by atoms with Crippen molar-refractivity contribution in [2.75, 3.05) is 12.4 Å². The molecule has 0 fully saturated rings. The molecule has 0 atom stereocenters. The standard InChI is InChI=1S/C27H24O3S2/c1-4-26(28)31-18-17-30-24-13-9-22(10-14-24)20-5-7-21(8-6-20)23-11-15-25(16-12-23)32-27(29)19(2)3/h4-16H,1-2,17-18H2,3H3. The van der Waals surface area contributed by atoms with Gasteiger partial charge in [-0.1, -0.05) is 73.5 Å². The van der Waals surface area contributed by atoms with E-state index < -0.39 is 0 Å². The lowest BCUT2D eigenvalue weighted by atomic mass is 10.0. The smallest absolute Gasteiger partial charge is 0.219 e. The SMILES string of the molecule is C=CC(=O)SCCOc1ccc(-c2ccc(-c3ccc(SC(=O)C(=C)C)cc3)cc2)cc1. The van der Waals surface area contributed by atoms with Crippen LogP contribution in [0.4, 0.5) is 0 Å². The van der Waals surface area contributed by atoms with Crippen molar-refractivity contribution in [1.82, 2.24) is 0 Å². The molecule has 0 amide bonds. The maximum absolute atomic E-state index is 11.8. The minimum atomic E-state index is -0.0416. The first-order chi connectivity index (χ1) is 15.5. The van der Waals surface area contributed by atoms with Crippen LogP contribution in [0.5, 0.6) is 5.75 Å². The maximum Gasteiger partial charge on any atom is 0.219 e. The summed E-state index contributed by atoms with van der Waals surface area (Å²) in [6.07, 6.45) is 1.31. The summed E-state index contributed by atoms with van der Waals surface area (Å²) in [6, 6.07) is 24.3. The molecular weight excluding hydrogens is 436 g/mol. The lowest BCUT2D eigenvalue weighted by molar-refractivity contribution is -0.108. The van der Waals surface area contributed by atoms with Crippen LogP contribution in [0.25, 0.3) is 22.3 Å². The Kier molecular flexibility index (Phi) is 8.54. The predicted molar refractivity (Wildman–Crippen MR) is 136 cm³/mol. The number of ether oxygens (including phenoxy) is 1. The van der Waals surface area contributed by atoms with Crippen LogP contribution in [-0.4, -0.2) is 22.6 Å². The minimum absolute atomic E-state index is 0.0137. The van der Waals surface area contributed by atoms with Crippen molar-refractivity contribution in [3.05, 3.63) is 97.6 Å². The first-order valence-electron chi connectivity index (χ1n) is 10.1. The van der Waals surface area contributed by atoms with Crippen LogP contribution in [-0.2, 0) is 9.59 Å². The summed E-state index contributed by atoms with van der Waals surface area (Å²) in [4.78, 5) is 23.9. The van der Waals surface area contributed by atoms with Crippen LogP contribution in [0.1, 0.15) is 6.92 Å². The molecule has 0 N–H and O–H groups in total. The third-order valence-electron chi connectivity index (χ3n) is 4.58. The van der Waals surface area contributed by atoms with Gasteiger partial charge in [0.05, 0.1) is 6.61 Å². The number of carbonyl (C=O) groups is 2. The van der Waals surface area contributed by atoms with Gasteiger partial charge in [0.25, 0.3) is 0 Å². The van der Waals surface area contributed by atoms with E-state index in [1.165, 1.54) is 29.6 Å². The Balaban J connectivity index is 1.59. The van der Waals surface area contributed by atoms with Gasteiger partial charge in [0.15, 0.2) is 0 Å². The minimum Gasteiger partial charge on any atom is -0.493 e. The fourth-order valence-corrected chi connectivity index (χ4v) is 4.02. The van der Waals surface area contributed by atoms with E-state index in [0.29, 0.717) is 17.9 Å². The second-order valence-electron chi connectivity index (χ2n) is 7.02. The predicted octanol–water partition coefficient (Wildman–Crippen LogP) is 7.04. The van der Waals surface area contributed by atoms with Crippen LogP contribution < -0.4 is 4.74 Å². The Morgan fingerprint density at radius 2 is 1.31 bits per heavy atom. The fourth-order valence-electron chi connectivity index (χ4n) is 2.87. The van der Waals surface area contributed by atoms with E-state index in [0.717, 1.165) is 32.9 Å². The van der Waals surface area contributed by atoms with E-state index in [9.17, 15) is 9.59 Å². The quantitative estimate of drug-likeness (QED) is 0.195. The first kappa shape index (κ1) is 23.6. The normalized spacial score (nSPS) is 10.4. The zero-order chi connectivity index (χ0) is 22.9. The van der Waals surface area contributed by atoms with Crippen molar-refractivity contribution in [3.8, 4) is 28.0 Å². The van der Waals surface area contributed by atoms with Crippen molar-refractivity contribution in [2.45, 2.75) is 11.8 Å². The van der Waals surface area contributed by atoms with E-state index in [1.54, 1.807) is 6.92 Å². The molecule has 0 radical (unpaired) electrons. The summed E-state index contributed by atoms with van der Waals surface area (Å²) >= 11 is 2.39. The van der Waals surface area contributed by atoms with Gasteiger partial charge in [-0.05, 0) is 76.9 Å². The molecule has 32 heavy (non-hydrogen) atoms. The monoisotopic (exact) mass is 460 g/mol. The molecule has 0 aromatic heterocycles. The molecule has 3 rings (SSSR count). The summed E-state index contributed by atoms with van der Waals surface area (Å²) in [5.74, 6) is 1.37. The van der Waals surface area contributed by atoms with E-state index in [1.807, 2.05) is 48.5 Å². The lowest BCUT2D eigenvalue weighted by Gasteiger charge is -2.08. The molecule has 0 spiro atoms. The van der Waals surface area contributed by atoms with Crippen molar-refractivity contribution in [1.29, 1.82) is 0 Å². The number of rotatable bonds is 9. The van der Waals surface area contributed by atoms with Crippen LogP contribution in [0.3, 0.4) is 0 Å². The zero-order valence-electron chi connectivity index (χ0n) is 17.9. The summed E-state index contributed by atoms with van der Waals surface area (Å²) in [5.41, 5.74) is 4.98. The zero-order valence-corrected chi connectivity index (χ0v) is 19.5. The molecule has 3 aromatic rings. The second kappa shape index (κ2) is 11.6. The van der Waals surface area contributed by atoms with Crippen molar-refractivity contribution >= 4 is 33.8 Å². The molecule has 5 heteroatoms. The Hall–Kier alpha value is -3.02. The Morgan fingerprint density at radius 3 is 1.78 bits per heavy atom. The molecule has 0 heterocycles. The molecule has 0 aliphatic rings. The number of benzene rings is 3. The van der Waals surface area contributed by atoms with Crippen molar-refractivity contribution in [3.63, 3.8) is 0 Å². The van der Waals surface area contributed by atoms with E-state index >= 15 is 0 Å². The van der Waals surface area contributed by atoms with Gasteiger partial charge in [-0.3, -0.25) is 9.59 Å². The highest BCUT2D eigenvalue weighted by molar-refractivity contribution is 8.14. The van der Waals surface area contributed by atoms with Gasteiger partial charge < -0.3 is 4.74 Å². The molecule has 3 aromatic carbocycles. The summed E-state index contributed by atoms with van der Waals surface area (Å²) < 4.78 is 5.68. The summed E-state index contributed by atoms with van der Waals surface area (Å²) in [6.45, 7) is 9.33. The molecule has 0 saturated carbocycles. The fraction of sp³-hybridized carbons (Fsp3) is 0.111. The molecule has 0 bridgehead atoms. The van der Waals surface area contributed by atoms with Crippen LogP contribution >= 0.6 is 23.5 Å². The van der Waals surface area contributed by atoms with Gasteiger partial charge >= 0.3 is 0 Å². The Morgan fingerprint density at radius 1 is 0.844 bits per heavy atom. The van der Waals surface area contributed by atoms with Crippen LogP contribution in [0, 0.1) is 0 Å². The van der Waals surface area contributed by atoms with Crippen LogP contribution in [0.2, 0.25) is 0 Å². The van der Waals surface area contributed by atoms with Crippen LogP contribution in [0.15, 0.2) is 102 Å². The van der Waals surface area contributed by atoms with Gasteiger partial charge in [0.2, 0.25) is 10.2 Å². The summed E-state index contributed by atoms with van der Waals surface area (Å²) in [7, 11) is 0. The maximum atomic E-state index is 11.8. The third kappa shape index (κ3) is 6.74. The van der Waals surface area contributed by atoms with Gasteiger partial charge in [0, 0.05) is 10.6 Å². The van der Waals surface area contributed by atoms with Gasteiger partial charge in [-0.15, -0.1) is 0 Å². The number of thioether (sulfide) groups is 2. The topological polar surface area (TPSA) is 43.4 Å². The molecule has 162 valence electrons. The highest BCUT2D eigenvalue weighted by atomic mass is 32.2. The van der Waals surface area contributed by atoms with Gasteiger partial charge in [-0.2, -0.15) is 0 Å². The average Bonchev–Trinajstić information content (AvgIpc) is 2.82. The van der Waals surface area contributed by atoms with E-state index in [4.69, 9.17) is 4.74 Å². The number of carbonyl (C=O) groups excluding carboxylic acids is 2. The average molecular weight is 461 g/mol. The van der Waals surface area contributed by atoms with E-state index in [-0.39, 0.29) is 10.2 Å². The van der Waals surface area contributed by atoms with Gasteiger partial charge in [0.1, 0.15) is 5.75 Å². The molecule has 0 saturated heterocycles. The molecule has 0 aliphatic heterocycles. The second-order valence-corrected chi connectivity index (χ2v) is 9.16. The van der Waals surface area contributed by atoms with Crippen molar-refractivity contribution < 1.29 is 14.3 Å².